The third-order valence-corrected chi connectivity index (χ3v) is 5.15. The quantitative estimate of drug-likeness (QED) is 0.408. The van der Waals surface area contributed by atoms with Crippen molar-refractivity contribution in [3.63, 3.8) is 0 Å². The van der Waals surface area contributed by atoms with Crippen molar-refractivity contribution >= 4 is 44.7 Å². The van der Waals surface area contributed by atoms with Crippen LogP contribution in [0, 0.1) is 0 Å². The van der Waals surface area contributed by atoms with Gasteiger partial charge in [-0.25, -0.2) is 9.97 Å². The number of anilines is 2. The van der Waals surface area contributed by atoms with Crippen LogP contribution in [0.1, 0.15) is 5.56 Å². The lowest BCUT2D eigenvalue weighted by Gasteiger charge is -2.14. The number of nitrogens with zero attached hydrogens (tertiary/aromatic N) is 2. The summed E-state index contributed by atoms with van der Waals surface area (Å²) in [4.78, 5) is 9.11. The molecule has 0 aliphatic heterocycles. The molecular weight excluding hydrogens is 395 g/mol. The number of hydrogen-bond acceptors (Lipinski definition) is 4. The summed E-state index contributed by atoms with van der Waals surface area (Å²) < 4.78 is 39.9. The monoisotopic (exact) mass is 405 g/mol. The predicted octanol–water partition coefficient (Wildman–Crippen LogP) is 6.77. The van der Waals surface area contributed by atoms with Crippen molar-refractivity contribution in [2.45, 2.75) is 6.18 Å². The van der Waals surface area contributed by atoms with Crippen molar-refractivity contribution < 1.29 is 13.2 Å². The van der Waals surface area contributed by atoms with E-state index in [9.17, 15) is 13.2 Å². The van der Waals surface area contributed by atoms with Crippen LogP contribution in [-0.2, 0) is 6.18 Å². The Hall–Kier alpha value is -2.64. The van der Waals surface area contributed by atoms with E-state index in [0.29, 0.717) is 21.1 Å². The Morgan fingerprint density at radius 2 is 1.70 bits per heavy atom. The maximum atomic E-state index is 13.3. The first-order valence-electron chi connectivity index (χ1n) is 7.85. The van der Waals surface area contributed by atoms with Crippen LogP contribution in [0.25, 0.3) is 21.3 Å². The van der Waals surface area contributed by atoms with E-state index in [2.05, 4.69) is 15.3 Å². The summed E-state index contributed by atoms with van der Waals surface area (Å²) in [5.41, 5.74) is 0.908. The number of aromatic nitrogens is 2. The minimum atomic E-state index is -4.47. The van der Waals surface area contributed by atoms with Gasteiger partial charge in [-0.05, 0) is 29.8 Å². The van der Waals surface area contributed by atoms with Crippen molar-refractivity contribution in [3.05, 3.63) is 70.8 Å². The molecule has 0 saturated carbocycles. The second-order valence-corrected chi connectivity index (χ2v) is 7.02. The Kier molecular flexibility index (Phi) is 4.49. The van der Waals surface area contributed by atoms with E-state index in [0.717, 1.165) is 17.2 Å². The molecule has 3 nitrogen and oxygen atoms in total. The maximum Gasteiger partial charge on any atom is 0.418 e. The molecule has 0 bridgehead atoms. The number of hydrogen-bond donors (Lipinski definition) is 1. The number of rotatable bonds is 3. The zero-order valence-electron chi connectivity index (χ0n) is 13.6. The fourth-order valence-electron chi connectivity index (χ4n) is 2.78. The number of thiophene rings is 1. The SMILES string of the molecule is FC(F)(F)c1ccccc1Nc1ncnc2scc(-c3ccc(Cl)cc3)c12. The average Bonchev–Trinajstić information content (AvgIpc) is 3.07. The molecule has 8 heteroatoms. The molecule has 0 amide bonds. The van der Waals surface area contributed by atoms with E-state index in [1.165, 1.54) is 29.8 Å². The zero-order chi connectivity index (χ0) is 19.0. The lowest BCUT2D eigenvalue weighted by Crippen LogP contribution is -2.09. The van der Waals surface area contributed by atoms with Crippen LogP contribution in [-0.4, -0.2) is 9.97 Å². The van der Waals surface area contributed by atoms with Crippen LogP contribution >= 0.6 is 22.9 Å². The summed E-state index contributed by atoms with van der Waals surface area (Å²) in [6.45, 7) is 0. The van der Waals surface area contributed by atoms with Crippen LogP contribution in [0.15, 0.2) is 60.2 Å². The van der Waals surface area contributed by atoms with Gasteiger partial charge in [0.15, 0.2) is 0 Å². The number of benzene rings is 2. The number of fused-ring (bicyclic) bond motifs is 1. The standard InChI is InChI=1S/C19H11ClF3N3S/c20-12-7-5-11(6-8-12)13-9-27-18-16(13)17(24-10-25-18)26-15-4-2-1-3-14(15)19(21,22)23/h1-10H,(H,24,25,26). The second-order valence-electron chi connectivity index (χ2n) is 5.73. The molecule has 2 aromatic carbocycles. The lowest BCUT2D eigenvalue weighted by atomic mass is 10.1. The van der Waals surface area contributed by atoms with Crippen LogP contribution in [0.5, 0.6) is 0 Å². The highest BCUT2D eigenvalue weighted by atomic mass is 35.5. The van der Waals surface area contributed by atoms with Gasteiger partial charge in [0, 0.05) is 16.0 Å². The van der Waals surface area contributed by atoms with Gasteiger partial charge >= 0.3 is 6.18 Å². The van der Waals surface area contributed by atoms with Gasteiger partial charge in [-0.2, -0.15) is 13.2 Å². The van der Waals surface area contributed by atoms with E-state index in [-0.39, 0.29) is 5.69 Å². The van der Waals surface area contributed by atoms with Crippen molar-refractivity contribution in [1.29, 1.82) is 0 Å². The molecule has 4 aromatic rings. The van der Waals surface area contributed by atoms with Crippen molar-refractivity contribution in [3.8, 4) is 11.1 Å². The van der Waals surface area contributed by atoms with E-state index < -0.39 is 11.7 Å². The normalized spacial score (nSPS) is 11.7. The average molecular weight is 406 g/mol. The Morgan fingerprint density at radius 3 is 2.44 bits per heavy atom. The molecule has 0 fully saturated rings. The van der Waals surface area contributed by atoms with Gasteiger partial charge in [0.05, 0.1) is 16.6 Å². The van der Waals surface area contributed by atoms with Gasteiger partial charge in [0.2, 0.25) is 0 Å². The third-order valence-electron chi connectivity index (χ3n) is 4.01. The third kappa shape index (κ3) is 3.48. The van der Waals surface area contributed by atoms with Crippen molar-refractivity contribution in [1.82, 2.24) is 9.97 Å². The fraction of sp³-hybridized carbons (Fsp3) is 0.0526. The smallest absolute Gasteiger partial charge is 0.339 e. The van der Waals surface area contributed by atoms with Crippen molar-refractivity contribution in [2.75, 3.05) is 5.32 Å². The first-order chi connectivity index (χ1) is 12.9. The fourth-order valence-corrected chi connectivity index (χ4v) is 3.82. The molecule has 0 aliphatic rings. The van der Waals surface area contributed by atoms with Gasteiger partial charge in [-0.1, -0.05) is 35.9 Å². The number of para-hydroxylation sites is 1. The maximum absolute atomic E-state index is 13.3. The molecule has 136 valence electrons. The largest absolute Gasteiger partial charge is 0.418 e. The Labute approximate surface area is 161 Å². The molecule has 0 unspecified atom stereocenters. The minimum absolute atomic E-state index is 0.0572. The molecule has 2 aromatic heterocycles. The Bertz CT molecular complexity index is 1110. The topological polar surface area (TPSA) is 37.8 Å². The molecule has 0 aliphatic carbocycles. The highest BCUT2D eigenvalue weighted by molar-refractivity contribution is 7.17. The molecule has 27 heavy (non-hydrogen) atoms. The van der Waals surface area contributed by atoms with E-state index in [4.69, 9.17) is 11.6 Å². The van der Waals surface area contributed by atoms with Gasteiger partial charge in [-0.15, -0.1) is 11.3 Å². The minimum Gasteiger partial charge on any atom is -0.339 e. The molecule has 1 N–H and O–H groups in total. The highest BCUT2D eigenvalue weighted by Crippen LogP contribution is 2.40. The predicted molar refractivity (Wildman–Crippen MR) is 103 cm³/mol. The summed E-state index contributed by atoms with van der Waals surface area (Å²) >= 11 is 7.35. The van der Waals surface area contributed by atoms with Crippen LogP contribution in [0.2, 0.25) is 5.02 Å². The Balaban J connectivity index is 1.84. The summed E-state index contributed by atoms with van der Waals surface area (Å²) in [6.07, 6.45) is -3.13. The second kappa shape index (κ2) is 6.83. The van der Waals surface area contributed by atoms with Gasteiger partial charge in [0.25, 0.3) is 0 Å². The summed E-state index contributed by atoms with van der Waals surface area (Å²) in [6, 6.07) is 12.5. The number of halogens is 4. The summed E-state index contributed by atoms with van der Waals surface area (Å²) in [5.74, 6) is 0.322. The molecule has 4 rings (SSSR count). The molecule has 0 spiro atoms. The lowest BCUT2D eigenvalue weighted by molar-refractivity contribution is -0.136. The molecule has 2 heterocycles. The van der Waals surface area contributed by atoms with Crippen LogP contribution in [0.3, 0.4) is 0 Å². The van der Waals surface area contributed by atoms with Crippen LogP contribution < -0.4 is 5.32 Å². The van der Waals surface area contributed by atoms with Gasteiger partial charge in [-0.3, -0.25) is 0 Å². The molecule has 0 saturated heterocycles. The Morgan fingerprint density at radius 1 is 0.963 bits per heavy atom. The van der Waals surface area contributed by atoms with Crippen molar-refractivity contribution in [2.24, 2.45) is 0 Å². The van der Waals surface area contributed by atoms with Crippen LogP contribution in [0.4, 0.5) is 24.7 Å². The van der Waals surface area contributed by atoms with E-state index >= 15 is 0 Å². The highest BCUT2D eigenvalue weighted by Gasteiger charge is 2.33. The first-order valence-corrected chi connectivity index (χ1v) is 9.10. The first kappa shape index (κ1) is 17.8. The number of nitrogens with one attached hydrogen (secondary N) is 1. The molecular formula is C19H11ClF3N3S. The zero-order valence-corrected chi connectivity index (χ0v) is 15.2. The number of alkyl halides is 3. The molecule has 0 atom stereocenters. The summed E-state index contributed by atoms with van der Waals surface area (Å²) in [7, 11) is 0. The van der Waals surface area contributed by atoms with Gasteiger partial charge in [0.1, 0.15) is 17.0 Å². The van der Waals surface area contributed by atoms with E-state index in [1.54, 1.807) is 18.2 Å². The van der Waals surface area contributed by atoms with Gasteiger partial charge < -0.3 is 5.32 Å². The molecule has 0 radical (unpaired) electrons. The summed E-state index contributed by atoms with van der Waals surface area (Å²) in [5, 5.41) is 6.02. The van der Waals surface area contributed by atoms with E-state index in [1.807, 2.05) is 17.5 Å².